The molecule has 0 radical (unpaired) electrons. The minimum absolute atomic E-state index is 0.340. The molecule has 0 aromatic heterocycles. The molecule has 0 bridgehead atoms. The first-order chi connectivity index (χ1) is 7.15. The third-order valence-electron chi connectivity index (χ3n) is 1.34. The lowest BCUT2D eigenvalue weighted by Crippen LogP contribution is -1.75. The van der Waals surface area contributed by atoms with Crippen molar-refractivity contribution >= 4 is 0 Å². The Morgan fingerprint density at radius 2 is 1.40 bits per heavy atom. The van der Waals surface area contributed by atoms with E-state index >= 15 is 0 Å². The van der Waals surface area contributed by atoms with Crippen LogP contribution in [0.1, 0.15) is 12.5 Å². The molecule has 0 amide bonds. The molecule has 0 heterocycles. The van der Waals surface area contributed by atoms with E-state index in [-0.39, 0.29) is 0 Å². The Bertz CT molecular complexity index is 310. The minimum atomic E-state index is 0.340. The van der Waals surface area contributed by atoms with Gasteiger partial charge in [-0.15, -0.1) is 0 Å². The highest BCUT2D eigenvalue weighted by molar-refractivity contribution is 5.25. The Kier molecular flexibility index (Phi) is 11.7. The van der Waals surface area contributed by atoms with Crippen LogP contribution in [0, 0.1) is 23.0 Å². The summed E-state index contributed by atoms with van der Waals surface area (Å²) in [5.74, 6) is 0.340. The molecule has 1 rings (SSSR count). The molecule has 5 heteroatoms. The molecule has 0 aliphatic rings. The molecule has 0 aliphatic carbocycles. The number of hydrogen-bond donors (Lipinski definition) is 3. The maximum atomic E-state index is 8.85. The Balaban J connectivity index is 0. The van der Waals surface area contributed by atoms with Crippen LogP contribution >= 0.6 is 0 Å². The summed E-state index contributed by atoms with van der Waals surface area (Å²) in [6.45, 7) is 2.09. The molecular weight excluding hydrogens is 196 g/mol. The summed E-state index contributed by atoms with van der Waals surface area (Å²) in [4.78, 5) is 0. The third-order valence-corrected chi connectivity index (χ3v) is 1.34. The van der Waals surface area contributed by atoms with E-state index in [4.69, 9.17) is 25.8 Å². The van der Waals surface area contributed by atoms with Gasteiger partial charge in [0.25, 0.3) is 12.5 Å². The fourth-order valence-corrected chi connectivity index (χ4v) is 0.732. The lowest BCUT2D eigenvalue weighted by atomic mass is 10.2. The van der Waals surface area contributed by atoms with Gasteiger partial charge in [-0.1, -0.05) is 19.1 Å². The van der Waals surface area contributed by atoms with Gasteiger partial charge in [0, 0.05) is 0 Å². The van der Waals surface area contributed by atoms with Crippen molar-refractivity contribution in [2.45, 2.75) is 13.3 Å². The van der Waals surface area contributed by atoms with Crippen LogP contribution in [0.2, 0.25) is 0 Å². The van der Waals surface area contributed by atoms with Gasteiger partial charge in [-0.3, -0.25) is 0 Å². The van der Waals surface area contributed by atoms with Crippen molar-refractivity contribution in [1.29, 1.82) is 10.5 Å². The van der Waals surface area contributed by atoms with Crippen LogP contribution in [0.15, 0.2) is 24.3 Å². The first kappa shape index (κ1) is 15.1. The van der Waals surface area contributed by atoms with Crippen LogP contribution in [0.5, 0.6) is 5.75 Å². The van der Waals surface area contributed by atoms with E-state index in [0.29, 0.717) is 5.75 Å². The highest BCUT2D eigenvalue weighted by Crippen LogP contribution is 2.09. The molecule has 0 atom stereocenters. The monoisotopic (exact) mass is 208 g/mol. The van der Waals surface area contributed by atoms with E-state index in [1.54, 1.807) is 12.1 Å². The quantitative estimate of drug-likeness (QED) is 0.608. The summed E-state index contributed by atoms with van der Waals surface area (Å²) < 4.78 is 0. The summed E-state index contributed by atoms with van der Waals surface area (Å²) in [7, 11) is 0. The predicted octanol–water partition coefficient (Wildman–Crippen LogP) is 1.63. The van der Waals surface area contributed by atoms with Crippen molar-refractivity contribution in [3.05, 3.63) is 29.8 Å². The predicted molar refractivity (Wildman–Crippen MR) is 52.6 cm³/mol. The lowest BCUT2D eigenvalue weighted by Gasteiger charge is -1.93. The second-order valence-electron chi connectivity index (χ2n) is 2.22. The number of aromatic hydroxyl groups is 1. The molecule has 1 aromatic carbocycles. The van der Waals surface area contributed by atoms with Crippen LogP contribution in [0.3, 0.4) is 0 Å². The van der Waals surface area contributed by atoms with Gasteiger partial charge in [-0.25, -0.2) is 0 Å². The smallest absolute Gasteiger partial charge is 0.283 e. The van der Waals surface area contributed by atoms with E-state index in [2.05, 4.69) is 6.92 Å². The maximum Gasteiger partial charge on any atom is 0.283 e. The van der Waals surface area contributed by atoms with Gasteiger partial charge in [-0.05, 0) is 24.1 Å². The van der Waals surface area contributed by atoms with Crippen molar-refractivity contribution in [1.82, 2.24) is 0 Å². The molecule has 0 saturated carbocycles. The van der Waals surface area contributed by atoms with Crippen molar-refractivity contribution in [3.63, 3.8) is 0 Å². The van der Waals surface area contributed by atoms with Gasteiger partial charge in [0.2, 0.25) is 0 Å². The number of nitrogens with zero attached hydrogens (tertiary/aromatic N) is 2. The number of phenolic OH excluding ortho intramolecular Hbond substituents is 1. The first-order valence-electron chi connectivity index (χ1n) is 4.00. The molecule has 15 heavy (non-hydrogen) atoms. The highest BCUT2D eigenvalue weighted by Gasteiger charge is 1.86. The van der Waals surface area contributed by atoms with E-state index in [9.17, 15) is 0 Å². The average molecular weight is 208 g/mol. The second kappa shape index (κ2) is 11.6. The molecule has 80 valence electrons. The van der Waals surface area contributed by atoms with E-state index in [0.717, 1.165) is 18.9 Å². The summed E-state index contributed by atoms with van der Waals surface area (Å²) in [6.07, 6.45) is 2.53. The summed E-state index contributed by atoms with van der Waals surface area (Å²) in [5.41, 5.74) is 1.26. The number of rotatable bonds is 1. The van der Waals surface area contributed by atoms with Crippen LogP contribution in [-0.4, -0.2) is 15.3 Å². The number of aliphatic hydroxyl groups excluding tert-OH is 2. The number of aryl methyl sites for hydroxylation is 1. The molecule has 0 unspecified atom stereocenters. The number of aliphatic hydroxyl groups is 2. The Morgan fingerprint density at radius 1 is 1.07 bits per heavy atom. The normalized spacial score (nSPS) is 6.60. The van der Waals surface area contributed by atoms with E-state index in [1.807, 2.05) is 12.1 Å². The van der Waals surface area contributed by atoms with Crippen molar-refractivity contribution < 1.29 is 15.3 Å². The fraction of sp³-hybridized carbons (Fsp3) is 0.200. The van der Waals surface area contributed by atoms with Crippen molar-refractivity contribution in [3.8, 4) is 18.3 Å². The molecule has 0 spiro atoms. The first-order valence-corrected chi connectivity index (χ1v) is 4.00. The summed E-state index contributed by atoms with van der Waals surface area (Å²) >= 11 is 0. The molecular formula is C10H12N2O3. The Labute approximate surface area is 88.1 Å². The molecule has 5 nitrogen and oxygen atoms in total. The standard InChI is InChI=1S/C8H10O.2CHNO/c1-2-7-3-5-8(9)6-4-7;2*2-1-3/h3-6,9H,2H2,1H3;2*3H. The van der Waals surface area contributed by atoms with Crippen LogP contribution < -0.4 is 0 Å². The molecule has 0 fully saturated rings. The number of nitriles is 2. The molecule has 0 saturated heterocycles. The topological polar surface area (TPSA) is 108 Å². The number of phenols is 1. The van der Waals surface area contributed by atoms with E-state index in [1.165, 1.54) is 5.56 Å². The summed E-state index contributed by atoms with van der Waals surface area (Å²) in [6, 6.07) is 7.27. The summed E-state index contributed by atoms with van der Waals surface area (Å²) in [5, 5.41) is 36.4. The zero-order valence-corrected chi connectivity index (χ0v) is 8.25. The zero-order valence-electron chi connectivity index (χ0n) is 8.25. The fourth-order valence-electron chi connectivity index (χ4n) is 0.732. The number of benzene rings is 1. The van der Waals surface area contributed by atoms with E-state index < -0.39 is 0 Å². The van der Waals surface area contributed by atoms with Gasteiger partial charge in [0.05, 0.1) is 0 Å². The maximum absolute atomic E-state index is 8.85. The van der Waals surface area contributed by atoms with Gasteiger partial charge in [-0.2, -0.15) is 10.5 Å². The van der Waals surface area contributed by atoms with Crippen LogP contribution in [0.25, 0.3) is 0 Å². The van der Waals surface area contributed by atoms with Crippen molar-refractivity contribution in [2.75, 3.05) is 0 Å². The second-order valence-corrected chi connectivity index (χ2v) is 2.22. The van der Waals surface area contributed by atoms with Gasteiger partial charge < -0.3 is 15.3 Å². The van der Waals surface area contributed by atoms with Crippen molar-refractivity contribution in [2.24, 2.45) is 0 Å². The van der Waals surface area contributed by atoms with Crippen LogP contribution in [0.4, 0.5) is 0 Å². The lowest BCUT2D eigenvalue weighted by molar-refractivity contribution is 0.475. The number of hydrogen-bond acceptors (Lipinski definition) is 5. The SMILES string of the molecule is CCc1ccc(O)cc1.N#CO.N#CO. The van der Waals surface area contributed by atoms with Crippen LogP contribution in [-0.2, 0) is 6.42 Å². The Morgan fingerprint density at radius 3 is 1.67 bits per heavy atom. The highest BCUT2D eigenvalue weighted by atomic mass is 16.3. The molecule has 1 aromatic rings. The largest absolute Gasteiger partial charge is 0.508 e. The molecule has 3 N–H and O–H groups in total. The van der Waals surface area contributed by atoms with Gasteiger partial charge in [0.15, 0.2) is 0 Å². The Hall–Kier alpha value is -2.40. The minimum Gasteiger partial charge on any atom is -0.508 e. The van der Waals surface area contributed by atoms with Gasteiger partial charge in [0.1, 0.15) is 5.75 Å². The average Bonchev–Trinajstić information content (AvgIpc) is 2.21. The zero-order chi connectivity index (χ0) is 12.1. The third kappa shape index (κ3) is 11.6. The molecule has 0 aliphatic heterocycles. The van der Waals surface area contributed by atoms with Gasteiger partial charge >= 0.3 is 0 Å².